The quantitative estimate of drug-likeness (QED) is 0.369. The lowest BCUT2D eigenvalue weighted by molar-refractivity contribution is -0.141. The predicted molar refractivity (Wildman–Crippen MR) is 109 cm³/mol. The maximum Gasteiger partial charge on any atom is 0.327 e. The van der Waals surface area contributed by atoms with E-state index in [0.717, 1.165) is 6.08 Å². The molecule has 10 heteroatoms. The van der Waals surface area contributed by atoms with Crippen LogP contribution in [0, 0.1) is 0 Å². The minimum Gasteiger partial charge on any atom is -0.518 e. The molecule has 150 valence electrons. The molecule has 1 N–H and O–H groups in total. The van der Waals surface area contributed by atoms with Gasteiger partial charge in [-0.15, -0.1) is 0 Å². The molecule has 0 bridgehead atoms. The van der Waals surface area contributed by atoms with E-state index in [2.05, 4.69) is 5.32 Å². The Labute approximate surface area is 159 Å². The number of nitrogens with one attached hydrogen (secondary N) is 1. The molecule has 0 saturated heterocycles. The van der Waals surface area contributed by atoms with E-state index >= 15 is 0 Å². The fourth-order valence-electron chi connectivity index (χ4n) is 1.79. The summed E-state index contributed by atoms with van der Waals surface area (Å²) >= 11 is 0. The summed E-state index contributed by atoms with van der Waals surface area (Å²) in [5.41, 5.74) is 0.0476. The third-order valence-corrected chi connectivity index (χ3v) is 4.95. The molecular formula is C16H33NO6Si3. The van der Waals surface area contributed by atoms with Crippen molar-refractivity contribution in [2.24, 2.45) is 0 Å². The Bertz CT molecular complexity index is 570. The first kappa shape index (κ1) is 24.8. The van der Waals surface area contributed by atoms with Crippen molar-refractivity contribution in [1.29, 1.82) is 0 Å². The van der Waals surface area contributed by atoms with Crippen LogP contribution in [0.15, 0.2) is 11.8 Å². The molecule has 0 heterocycles. The molecule has 0 aliphatic heterocycles. The summed E-state index contributed by atoms with van der Waals surface area (Å²) in [7, 11) is -6.50. The Hall–Kier alpha value is -1.24. The summed E-state index contributed by atoms with van der Waals surface area (Å²) in [6.45, 7) is 18.3. The summed E-state index contributed by atoms with van der Waals surface area (Å²) in [5, 5.41) is 2.53. The Kier molecular flexibility index (Phi) is 8.67. The van der Waals surface area contributed by atoms with Crippen molar-refractivity contribution in [3.63, 3.8) is 0 Å². The third-order valence-electron chi connectivity index (χ3n) is 2.38. The van der Waals surface area contributed by atoms with E-state index in [1.165, 1.54) is 6.92 Å². The Morgan fingerprint density at radius 2 is 1.27 bits per heavy atom. The van der Waals surface area contributed by atoms with E-state index in [0.29, 0.717) is 0 Å². The molecule has 0 aliphatic carbocycles. The van der Waals surface area contributed by atoms with Gasteiger partial charge in [0.05, 0.1) is 5.70 Å². The van der Waals surface area contributed by atoms with Crippen molar-refractivity contribution >= 4 is 42.8 Å². The molecule has 0 radical (unpaired) electrons. The first-order valence-electron chi connectivity index (χ1n) is 8.52. The van der Waals surface area contributed by atoms with Crippen LogP contribution in [0.25, 0.3) is 0 Å². The predicted octanol–water partition coefficient (Wildman–Crippen LogP) is 2.98. The van der Waals surface area contributed by atoms with Crippen molar-refractivity contribution in [2.45, 2.75) is 72.0 Å². The molecule has 1 amide bonds. The van der Waals surface area contributed by atoms with Crippen LogP contribution in [0.4, 0.5) is 0 Å². The monoisotopic (exact) mass is 420 g/mol. The van der Waals surface area contributed by atoms with Crippen LogP contribution in [0.5, 0.6) is 0 Å². The lowest BCUT2D eigenvalue weighted by atomic mass is 10.2. The zero-order valence-electron chi connectivity index (χ0n) is 17.6. The van der Waals surface area contributed by atoms with E-state index in [9.17, 15) is 14.4 Å². The highest BCUT2D eigenvalue weighted by atomic mass is 28.4. The number of carbonyl (C=O) groups excluding carboxylic acids is 3. The molecule has 26 heavy (non-hydrogen) atoms. The van der Waals surface area contributed by atoms with Gasteiger partial charge in [0.25, 0.3) is 0 Å². The molecule has 0 aliphatic rings. The van der Waals surface area contributed by atoms with Crippen molar-refractivity contribution in [3.8, 4) is 0 Å². The minimum absolute atomic E-state index is 0.0476. The number of hydrogen-bond acceptors (Lipinski definition) is 6. The highest BCUT2D eigenvalue weighted by Crippen LogP contribution is 2.18. The highest BCUT2D eigenvalue weighted by molar-refractivity contribution is 6.72. The average molecular weight is 421 g/mol. The standard InChI is InChI=1S/C16H33NO6Si3/c1-12(18)17-13(11-14(19)21-24(2,3)4)15(22-25(5,6)7)16(20)23-26(8,9)10/h11,15H,1-10H3,(H,17,18)/b13-11+/i17+1. The van der Waals surface area contributed by atoms with Crippen LogP contribution < -0.4 is 5.32 Å². The van der Waals surface area contributed by atoms with E-state index in [1.807, 2.05) is 58.9 Å². The maximum absolute atomic E-state index is 12.7. The van der Waals surface area contributed by atoms with Crippen molar-refractivity contribution in [1.82, 2.24) is 5.32 Å². The summed E-state index contributed by atoms with van der Waals surface area (Å²) < 4.78 is 16.9. The normalized spacial score (nSPS) is 14.5. The maximum atomic E-state index is 12.7. The van der Waals surface area contributed by atoms with Gasteiger partial charge in [-0.1, -0.05) is 0 Å². The molecule has 0 aromatic carbocycles. The Balaban J connectivity index is 5.89. The number of hydrogen-bond donors (Lipinski definition) is 1. The van der Waals surface area contributed by atoms with Gasteiger partial charge in [0.2, 0.25) is 22.5 Å². The van der Waals surface area contributed by atoms with Crippen LogP contribution in [-0.2, 0) is 27.7 Å². The van der Waals surface area contributed by atoms with Gasteiger partial charge in [0.15, 0.2) is 14.4 Å². The van der Waals surface area contributed by atoms with Gasteiger partial charge in [-0.25, -0.2) is 4.79 Å². The van der Waals surface area contributed by atoms with Crippen molar-refractivity contribution < 1.29 is 27.7 Å². The first-order valence-corrected chi connectivity index (χ1v) is 18.7. The van der Waals surface area contributed by atoms with Crippen molar-refractivity contribution in [2.75, 3.05) is 0 Å². The fourth-order valence-corrected chi connectivity index (χ4v) is 4.09. The van der Waals surface area contributed by atoms with Gasteiger partial charge in [-0.05, 0) is 58.9 Å². The van der Waals surface area contributed by atoms with Gasteiger partial charge in [0.1, 0.15) is 0 Å². The fraction of sp³-hybridized carbons (Fsp3) is 0.688. The smallest absolute Gasteiger partial charge is 0.327 e. The summed E-state index contributed by atoms with van der Waals surface area (Å²) in [5.74, 6) is -1.63. The molecule has 0 fully saturated rings. The van der Waals surface area contributed by atoms with Gasteiger partial charge >= 0.3 is 11.9 Å². The minimum atomic E-state index is -2.19. The Morgan fingerprint density at radius 1 is 0.808 bits per heavy atom. The molecule has 0 aromatic heterocycles. The molecule has 0 rings (SSSR count). The molecule has 1 unspecified atom stereocenters. The summed E-state index contributed by atoms with van der Waals surface area (Å²) in [4.78, 5) is 36.5. The second kappa shape index (κ2) is 9.11. The molecule has 7 nitrogen and oxygen atoms in total. The zero-order chi connectivity index (χ0) is 20.9. The van der Waals surface area contributed by atoms with Gasteiger partial charge in [-0.2, -0.15) is 0 Å². The van der Waals surface area contributed by atoms with E-state index in [1.54, 1.807) is 0 Å². The van der Waals surface area contributed by atoms with Gasteiger partial charge in [0, 0.05) is 13.0 Å². The van der Waals surface area contributed by atoms with Gasteiger partial charge < -0.3 is 18.6 Å². The molecule has 0 saturated carbocycles. The molecular weight excluding hydrogens is 387 g/mol. The van der Waals surface area contributed by atoms with Crippen LogP contribution in [0.3, 0.4) is 0 Å². The largest absolute Gasteiger partial charge is 0.518 e. The second-order valence-electron chi connectivity index (χ2n) is 8.96. The summed E-state index contributed by atoms with van der Waals surface area (Å²) in [6, 6.07) is 0. The first-order chi connectivity index (χ1) is 11.4. The lowest BCUT2D eigenvalue weighted by Gasteiger charge is -2.29. The number of rotatable bonds is 8. The van der Waals surface area contributed by atoms with Crippen LogP contribution in [-0.4, -0.2) is 48.9 Å². The van der Waals surface area contributed by atoms with E-state index in [4.69, 9.17) is 13.3 Å². The molecule has 1 atom stereocenters. The molecule has 0 spiro atoms. The third kappa shape index (κ3) is 12.2. The molecule has 0 aromatic rings. The van der Waals surface area contributed by atoms with E-state index < -0.39 is 48.9 Å². The summed E-state index contributed by atoms with van der Waals surface area (Å²) in [6.07, 6.45) is -0.0536. The topological polar surface area (TPSA) is 90.9 Å². The number of carbonyl (C=O) groups is 3. The lowest BCUT2D eigenvalue weighted by Crippen LogP contribution is -2.46. The van der Waals surface area contributed by atoms with Gasteiger partial charge in [-0.3, -0.25) is 9.59 Å². The second-order valence-corrected chi connectivity index (χ2v) is 22.3. The van der Waals surface area contributed by atoms with E-state index in [-0.39, 0.29) is 5.70 Å². The van der Waals surface area contributed by atoms with Crippen LogP contribution in [0.1, 0.15) is 6.92 Å². The van der Waals surface area contributed by atoms with Crippen molar-refractivity contribution in [3.05, 3.63) is 11.8 Å². The Morgan fingerprint density at radius 3 is 1.62 bits per heavy atom. The highest BCUT2D eigenvalue weighted by Gasteiger charge is 2.35. The number of amides is 1. The zero-order valence-corrected chi connectivity index (χ0v) is 20.6. The van der Waals surface area contributed by atoms with Crippen LogP contribution >= 0.6 is 0 Å². The average Bonchev–Trinajstić information content (AvgIpc) is 2.28. The van der Waals surface area contributed by atoms with Crippen LogP contribution in [0.2, 0.25) is 58.9 Å². The SMILES string of the molecule is CC(=O)[15NH]/C(=C/C(=O)O[Si](C)(C)C)C(O[Si](C)(C)C)C(=O)O[Si](C)(C)C.